The molecule has 4 nitrogen and oxygen atoms in total. The van der Waals surface area contributed by atoms with E-state index in [2.05, 4.69) is 15.2 Å². The number of aromatic nitrogens is 1. The Hall–Kier alpha value is -3.19. The largest absolute Gasteiger partial charge is 0.343 e. The number of amides is 2. The van der Waals surface area contributed by atoms with Crippen LogP contribution < -0.4 is 10.6 Å². The molecule has 0 fully saturated rings. The average Bonchev–Trinajstić information content (AvgIpc) is 3.30. The number of para-hydroxylation sites is 1. The Kier molecular flexibility index (Phi) is 4.83. The van der Waals surface area contributed by atoms with Crippen molar-refractivity contribution in [2.24, 2.45) is 7.05 Å². The van der Waals surface area contributed by atoms with Gasteiger partial charge < -0.3 is 15.2 Å². The highest BCUT2D eigenvalue weighted by molar-refractivity contribution is 7.13. The van der Waals surface area contributed by atoms with Gasteiger partial charge in [0.1, 0.15) is 11.6 Å². The van der Waals surface area contributed by atoms with Crippen LogP contribution in [0.5, 0.6) is 0 Å². The molecule has 4 aromatic rings. The minimum absolute atomic E-state index is 0.200. The maximum Gasteiger partial charge on any atom is 0.319 e. The zero-order valence-electron chi connectivity index (χ0n) is 15.0. The molecule has 2 aromatic heterocycles. The number of hydrogen-bond acceptors (Lipinski definition) is 2. The van der Waals surface area contributed by atoms with Gasteiger partial charge >= 0.3 is 6.03 Å². The monoisotopic (exact) mass is 397 g/mol. The number of rotatable bonds is 4. The van der Waals surface area contributed by atoms with Crippen LogP contribution in [-0.4, -0.2) is 10.6 Å². The van der Waals surface area contributed by atoms with Gasteiger partial charge in [-0.25, -0.2) is 13.6 Å². The maximum absolute atomic E-state index is 13.7. The van der Waals surface area contributed by atoms with E-state index in [1.807, 2.05) is 48.8 Å². The molecule has 0 spiro atoms. The zero-order chi connectivity index (χ0) is 19.7. The van der Waals surface area contributed by atoms with Gasteiger partial charge in [-0.1, -0.05) is 24.3 Å². The number of anilines is 1. The molecule has 28 heavy (non-hydrogen) atoms. The maximum atomic E-state index is 13.7. The van der Waals surface area contributed by atoms with Gasteiger partial charge in [-0.05, 0) is 29.6 Å². The van der Waals surface area contributed by atoms with E-state index >= 15 is 0 Å². The summed E-state index contributed by atoms with van der Waals surface area (Å²) in [6, 6.07) is 14.3. The summed E-state index contributed by atoms with van der Waals surface area (Å²) < 4.78 is 29.1. The fraction of sp³-hybridized carbons (Fsp3) is 0.0952. The molecule has 2 aromatic carbocycles. The fourth-order valence-electron chi connectivity index (χ4n) is 3.31. The van der Waals surface area contributed by atoms with Crippen LogP contribution >= 0.6 is 11.3 Å². The molecular weight excluding hydrogens is 380 g/mol. The Morgan fingerprint density at radius 1 is 1.11 bits per heavy atom. The second-order valence-electron chi connectivity index (χ2n) is 6.31. The molecule has 0 radical (unpaired) electrons. The van der Waals surface area contributed by atoms with Crippen molar-refractivity contribution in [3.05, 3.63) is 77.2 Å². The number of halogens is 2. The first-order valence-electron chi connectivity index (χ1n) is 8.64. The normalized spacial score (nSPS) is 11.0. The van der Waals surface area contributed by atoms with Crippen molar-refractivity contribution in [2.45, 2.75) is 6.54 Å². The van der Waals surface area contributed by atoms with Gasteiger partial charge in [0.2, 0.25) is 0 Å². The minimum atomic E-state index is -0.694. The van der Waals surface area contributed by atoms with E-state index in [4.69, 9.17) is 0 Å². The number of carbonyl (C=O) groups excluding carboxylic acids is 1. The number of hydrogen-bond donors (Lipinski definition) is 2. The number of thiophene rings is 1. The SMILES string of the molecule is Cn1c(-c2cccs2)c(CNC(=O)Nc2cc(F)ccc2F)c2ccccc21. The molecule has 2 amide bonds. The summed E-state index contributed by atoms with van der Waals surface area (Å²) in [5.41, 5.74) is 2.84. The quantitative estimate of drug-likeness (QED) is 0.469. The Morgan fingerprint density at radius 3 is 2.71 bits per heavy atom. The Labute approximate surface area is 164 Å². The lowest BCUT2D eigenvalue weighted by atomic mass is 10.1. The summed E-state index contributed by atoms with van der Waals surface area (Å²) >= 11 is 1.62. The Bertz CT molecular complexity index is 1150. The van der Waals surface area contributed by atoms with Crippen molar-refractivity contribution < 1.29 is 13.6 Å². The highest BCUT2D eigenvalue weighted by atomic mass is 32.1. The summed E-state index contributed by atoms with van der Waals surface area (Å²) in [5.74, 6) is -1.31. The summed E-state index contributed by atoms with van der Waals surface area (Å²) in [6.45, 7) is 0.247. The van der Waals surface area contributed by atoms with Crippen LogP contribution in [0.15, 0.2) is 60.0 Å². The topological polar surface area (TPSA) is 46.1 Å². The third-order valence-corrected chi connectivity index (χ3v) is 5.45. The highest BCUT2D eigenvalue weighted by Crippen LogP contribution is 2.35. The summed E-state index contributed by atoms with van der Waals surface area (Å²) in [5, 5.41) is 8.15. The molecule has 0 saturated carbocycles. The minimum Gasteiger partial charge on any atom is -0.343 e. The van der Waals surface area contributed by atoms with Crippen LogP contribution in [0.3, 0.4) is 0 Å². The summed E-state index contributed by atoms with van der Waals surface area (Å²) in [7, 11) is 1.99. The number of urea groups is 1. The molecule has 4 rings (SSSR count). The van der Waals surface area contributed by atoms with Crippen LogP contribution in [0.1, 0.15) is 5.56 Å². The van der Waals surface area contributed by atoms with E-state index in [0.717, 1.165) is 45.2 Å². The van der Waals surface area contributed by atoms with E-state index in [1.165, 1.54) is 0 Å². The second kappa shape index (κ2) is 7.44. The number of fused-ring (bicyclic) bond motifs is 1. The van der Waals surface area contributed by atoms with Gasteiger partial charge in [-0.3, -0.25) is 0 Å². The number of nitrogens with one attached hydrogen (secondary N) is 2. The average molecular weight is 397 g/mol. The number of carbonyl (C=O) groups is 1. The standard InChI is InChI=1S/C21H17F2N3OS/c1-26-18-6-3-2-5-14(18)15(20(26)19-7-4-10-28-19)12-24-21(27)25-17-11-13(22)8-9-16(17)23/h2-11H,12H2,1H3,(H2,24,25,27). The molecule has 0 bridgehead atoms. The van der Waals surface area contributed by atoms with E-state index < -0.39 is 17.7 Å². The number of nitrogens with zero attached hydrogens (tertiary/aromatic N) is 1. The molecule has 0 unspecified atom stereocenters. The lowest BCUT2D eigenvalue weighted by Crippen LogP contribution is -2.28. The lowest BCUT2D eigenvalue weighted by Gasteiger charge is -2.10. The second-order valence-corrected chi connectivity index (χ2v) is 7.26. The van der Waals surface area contributed by atoms with E-state index in [9.17, 15) is 13.6 Å². The van der Waals surface area contributed by atoms with E-state index in [1.54, 1.807) is 11.3 Å². The van der Waals surface area contributed by atoms with Gasteiger partial charge in [0.25, 0.3) is 0 Å². The van der Waals surface area contributed by atoms with Gasteiger partial charge in [0.15, 0.2) is 0 Å². The zero-order valence-corrected chi connectivity index (χ0v) is 15.8. The number of benzene rings is 2. The van der Waals surface area contributed by atoms with Crippen LogP contribution in [0.25, 0.3) is 21.5 Å². The van der Waals surface area contributed by atoms with Crippen LogP contribution in [0, 0.1) is 11.6 Å². The molecule has 0 aliphatic rings. The van der Waals surface area contributed by atoms with Crippen LogP contribution in [0.4, 0.5) is 19.3 Å². The third kappa shape index (κ3) is 3.36. The van der Waals surface area contributed by atoms with Crippen molar-refractivity contribution in [3.63, 3.8) is 0 Å². The molecular formula is C21H17F2N3OS. The molecule has 0 atom stereocenters. The molecule has 0 aliphatic carbocycles. The first kappa shape index (κ1) is 18.2. The molecule has 0 aliphatic heterocycles. The van der Waals surface area contributed by atoms with Crippen molar-refractivity contribution in [1.29, 1.82) is 0 Å². The van der Waals surface area contributed by atoms with E-state index in [0.29, 0.717) is 0 Å². The molecule has 2 N–H and O–H groups in total. The summed E-state index contributed by atoms with van der Waals surface area (Å²) in [6.07, 6.45) is 0. The highest BCUT2D eigenvalue weighted by Gasteiger charge is 2.18. The van der Waals surface area contributed by atoms with Crippen molar-refractivity contribution in [1.82, 2.24) is 9.88 Å². The predicted molar refractivity (Wildman–Crippen MR) is 108 cm³/mol. The van der Waals surface area contributed by atoms with Crippen LogP contribution in [-0.2, 0) is 13.6 Å². The first-order valence-corrected chi connectivity index (χ1v) is 9.52. The molecule has 142 valence electrons. The predicted octanol–water partition coefficient (Wildman–Crippen LogP) is 5.51. The first-order chi connectivity index (χ1) is 13.5. The lowest BCUT2D eigenvalue weighted by molar-refractivity contribution is 0.251. The molecule has 7 heteroatoms. The number of aryl methyl sites for hydroxylation is 1. The van der Waals surface area contributed by atoms with Gasteiger partial charge in [-0.15, -0.1) is 11.3 Å². The smallest absolute Gasteiger partial charge is 0.319 e. The Morgan fingerprint density at radius 2 is 1.93 bits per heavy atom. The fourth-order valence-corrected chi connectivity index (χ4v) is 4.14. The van der Waals surface area contributed by atoms with Crippen molar-refractivity contribution in [3.8, 4) is 10.6 Å². The molecule has 2 heterocycles. The van der Waals surface area contributed by atoms with Gasteiger partial charge in [0, 0.05) is 36.1 Å². The Balaban J connectivity index is 1.62. The van der Waals surface area contributed by atoms with Gasteiger partial charge in [-0.2, -0.15) is 0 Å². The molecule has 0 saturated heterocycles. The van der Waals surface area contributed by atoms with Crippen molar-refractivity contribution in [2.75, 3.05) is 5.32 Å². The van der Waals surface area contributed by atoms with Gasteiger partial charge in [0.05, 0.1) is 16.3 Å². The van der Waals surface area contributed by atoms with E-state index in [-0.39, 0.29) is 12.2 Å². The van der Waals surface area contributed by atoms with Crippen molar-refractivity contribution >= 4 is 34.0 Å². The van der Waals surface area contributed by atoms with Crippen LogP contribution in [0.2, 0.25) is 0 Å². The summed E-state index contributed by atoms with van der Waals surface area (Å²) in [4.78, 5) is 13.4. The third-order valence-electron chi connectivity index (χ3n) is 4.57.